The summed E-state index contributed by atoms with van der Waals surface area (Å²) in [6, 6.07) is 0. The van der Waals surface area contributed by atoms with Crippen LogP contribution in [-0.4, -0.2) is 23.2 Å². The molecule has 0 fully saturated rings. The number of nitro groups is 1. The normalized spacial score (nSPS) is 9.33. The van der Waals surface area contributed by atoms with Gasteiger partial charge in [-0.05, 0) is 12.8 Å². The summed E-state index contributed by atoms with van der Waals surface area (Å²) in [6.07, 6.45) is 1.50. The molecule has 0 aromatic carbocycles. The average molecular weight is 178 g/mol. The van der Waals surface area contributed by atoms with E-state index in [4.69, 9.17) is 0 Å². The Hall–Kier alpha value is -1.40. The van der Waals surface area contributed by atoms with Gasteiger partial charge >= 0.3 is 0 Å². The van der Waals surface area contributed by atoms with Crippen LogP contribution in [0.3, 0.4) is 0 Å². The largest absolute Gasteiger partial charge is 0.314 e. The first-order valence-electron chi connectivity index (χ1n) is 3.52. The van der Waals surface area contributed by atoms with Gasteiger partial charge in [0.2, 0.25) is 6.54 Å². The minimum Gasteiger partial charge on any atom is -0.314 e. The maximum atomic E-state index is 9.81. The first-order chi connectivity index (χ1) is 5.63. The minimum absolute atomic E-state index is 0.0186. The quantitative estimate of drug-likeness (QED) is 0.324. The molecular formula is C5H10N2O5. The Kier molecular flexibility index (Phi) is 5.58. The molecule has 0 amide bonds. The fraction of sp³-hybridized carbons (Fsp3) is 1.00. The number of nitrogens with zero attached hydrogens (tertiary/aromatic N) is 2. The molecule has 0 saturated heterocycles. The standard InChI is InChI=1S/C5H10N2O5/c8-6(9)4-2-1-3-5-12-7(10)11/h1-5H2. The average Bonchev–Trinajstić information content (AvgIpc) is 1.95. The molecule has 0 aliphatic rings. The van der Waals surface area contributed by atoms with Crippen LogP contribution in [0.1, 0.15) is 19.3 Å². The van der Waals surface area contributed by atoms with Gasteiger partial charge in [0, 0.05) is 11.3 Å². The van der Waals surface area contributed by atoms with Crippen LogP contribution < -0.4 is 0 Å². The predicted octanol–water partition coefficient (Wildman–Crippen LogP) is 0.642. The molecule has 7 nitrogen and oxygen atoms in total. The highest BCUT2D eigenvalue weighted by Crippen LogP contribution is 1.95. The van der Waals surface area contributed by atoms with Crippen LogP contribution in [0.25, 0.3) is 0 Å². The summed E-state index contributed by atoms with van der Waals surface area (Å²) in [7, 11) is 0. The topological polar surface area (TPSA) is 95.5 Å². The zero-order valence-electron chi connectivity index (χ0n) is 6.47. The van der Waals surface area contributed by atoms with E-state index in [1.165, 1.54) is 0 Å². The van der Waals surface area contributed by atoms with Crippen molar-refractivity contribution >= 4 is 0 Å². The van der Waals surface area contributed by atoms with Crippen molar-refractivity contribution in [1.29, 1.82) is 0 Å². The van der Waals surface area contributed by atoms with Crippen molar-refractivity contribution in [3.8, 4) is 0 Å². The fourth-order valence-corrected chi connectivity index (χ4v) is 0.659. The maximum Gasteiger partial charge on any atom is 0.294 e. The molecular weight excluding hydrogens is 168 g/mol. The van der Waals surface area contributed by atoms with E-state index in [0.29, 0.717) is 19.3 Å². The third kappa shape index (κ3) is 8.60. The second kappa shape index (κ2) is 6.32. The monoisotopic (exact) mass is 178 g/mol. The molecule has 0 N–H and O–H groups in total. The Morgan fingerprint density at radius 3 is 2.25 bits per heavy atom. The van der Waals surface area contributed by atoms with Crippen LogP contribution in [0.15, 0.2) is 0 Å². The van der Waals surface area contributed by atoms with Crippen LogP contribution in [0.2, 0.25) is 0 Å². The molecule has 0 unspecified atom stereocenters. The molecule has 0 bridgehead atoms. The van der Waals surface area contributed by atoms with Gasteiger partial charge in [0.1, 0.15) is 0 Å². The molecule has 0 rings (SSSR count). The number of rotatable bonds is 7. The Balaban J connectivity index is 3.01. The lowest BCUT2D eigenvalue weighted by molar-refractivity contribution is -0.757. The fourth-order valence-electron chi connectivity index (χ4n) is 0.659. The summed E-state index contributed by atoms with van der Waals surface area (Å²) in [6.45, 7) is -0.0663. The lowest BCUT2D eigenvalue weighted by Gasteiger charge is -1.96. The number of unbranched alkanes of at least 4 members (excludes halogenated alkanes) is 2. The summed E-state index contributed by atoms with van der Waals surface area (Å²) >= 11 is 0. The summed E-state index contributed by atoms with van der Waals surface area (Å²) < 4.78 is 0. The second-order valence-electron chi connectivity index (χ2n) is 2.17. The van der Waals surface area contributed by atoms with Crippen molar-refractivity contribution in [3.63, 3.8) is 0 Å². The highest BCUT2D eigenvalue weighted by molar-refractivity contribution is 4.38. The van der Waals surface area contributed by atoms with Gasteiger partial charge in [-0.3, -0.25) is 10.1 Å². The summed E-state index contributed by atoms with van der Waals surface area (Å²) in [5, 5.41) is 18.6. The molecule has 0 saturated carbocycles. The van der Waals surface area contributed by atoms with Crippen molar-refractivity contribution in [2.45, 2.75) is 19.3 Å². The Bertz CT molecular complexity index is 142. The highest BCUT2D eigenvalue weighted by Gasteiger charge is 1.98. The van der Waals surface area contributed by atoms with Gasteiger partial charge in [0.15, 0.2) is 0 Å². The van der Waals surface area contributed by atoms with Gasteiger partial charge in [0.05, 0.1) is 6.61 Å². The molecule has 0 atom stereocenters. The van der Waals surface area contributed by atoms with Crippen LogP contribution in [0.5, 0.6) is 0 Å². The van der Waals surface area contributed by atoms with Gasteiger partial charge in [-0.1, -0.05) is 0 Å². The van der Waals surface area contributed by atoms with Gasteiger partial charge in [-0.25, -0.2) is 0 Å². The lowest BCUT2D eigenvalue weighted by Crippen LogP contribution is -2.04. The molecule has 0 spiro atoms. The van der Waals surface area contributed by atoms with Crippen molar-refractivity contribution < 1.29 is 14.8 Å². The second-order valence-corrected chi connectivity index (χ2v) is 2.17. The SMILES string of the molecule is O=[N+]([O-])CCCCCO[N+](=O)[O-]. The van der Waals surface area contributed by atoms with E-state index in [-0.39, 0.29) is 13.2 Å². The Morgan fingerprint density at radius 2 is 1.75 bits per heavy atom. The summed E-state index contributed by atoms with van der Waals surface area (Å²) in [4.78, 5) is 23.0. The Morgan fingerprint density at radius 1 is 1.08 bits per heavy atom. The Labute approximate surface area is 68.6 Å². The lowest BCUT2D eigenvalue weighted by atomic mass is 10.2. The van der Waals surface area contributed by atoms with Crippen LogP contribution in [0, 0.1) is 20.2 Å². The third-order valence-corrected chi connectivity index (χ3v) is 1.18. The van der Waals surface area contributed by atoms with Crippen molar-refractivity contribution in [1.82, 2.24) is 0 Å². The van der Waals surface area contributed by atoms with E-state index in [9.17, 15) is 20.2 Å². The maximum absolute atomic E-state index is 9.81. The molecule has 70 valence electrons. The third-order valence-electron chi connectivity index (χ3n) is 1.18. The summed E-state index contributed by atoms with van der Waals surface area (Å²) in [5.74, 6) is 0. The zero-order chi connectivity index (χ0) is 9.40. The molecule has 0 aliphatic heterocycles. The van der Waals surface area contributed by atoms with Gasteiger partial charge in [0.25, 0.3) is 5.09 Å². The van der Waals surface area contributed by atoms with E-state index >= 15 is 0 Å². The first kappa shape index (κ1) is 10.6. The molecule has 0 aliphatic carbocycles. The van der Waals surface area contributed by atoms with Gasteiger partial charge in [-0.2, -0.15) is 0 Å². The number of hydrogen-bond donors (Lipinski definition) is 0. The molecule has 12 heavy (non-hydrogen) atoms. The highest BCUT2D eigenvalue weighted by atomic mass is 16.9. The molecule has 0 aromatic rings. The number of hydrogen-bond acceptors (Lipinski definition) is 5. The van der Waals surface area contributed by atoms with Gasteiger partial charge < -0.3 is 4.84 Å². The van der Waals surface area contributed by atoms with Crippen molar-refractivity contribution in [2.24, 2.45) is 0 Å². The van der Waals surface area contributed by atoms with Crippen LogP contribution in [-0.2, 0) is 4.84 Å². The predicted molar refractivity (Wildman–Crippen MR) is 38.7 cm³/mol. The van der Waals surface area contributed by atoms with E-state index in [2.05, 4.69) is 4.84 Å². The molecule has 0 radical (unpaired) electrons. The smallest absolute Gasteiger partial charge is 0.294 e. The zero-order valence-corrected chi connectivity index (χ0v) is 6.47. The van der Waals surface area contributed by atoms with Crippen LogP contribution in [0.4, 0.5) is 0 Å². The van der Waals surface area contributed by atoms with E-state index in [1.54, 1.807) is 0 Å². The summed E-state index contributed by atoms with van der Waals surface area (Å²) in [5.41, 5.74) is 0. The van der Waals surface area contributed by atoms with Crippen LogP contribution >= 0.6 is 0 Å². The van der Waals surface area contributed by atoms with E-state index in [0.717, 1.165) is 0 Å². The van der Waals surface area contributed by atoms with E-state index in [1.807, 2.05) is 0 Å². The molecule has 7 heteroatoms. The van der Waals surface area contributed by atoms with Gasteiger partial charge in [-0.15, -0.1) is 10.1 Å². The van der Waals surface area contributed by atoms with Crippen molar-refractivity contribution in [2.75, 3.05) is 13.2 Å². The van der Waals surface area contributed by atoms with E-state index < -0.39 is 10.0 Å². The van der Waals surface area contributed by atoms with Crippen molar-refractivity contribution in [3.05, 3.63) is 20.2 Å². The molecule has 0 heterocycles. The first-order valence-corrected chi connectivity index (χ1v) is 3.52. The molecule has 0 aromatic heterocycles. The minimum atomic E-state index is -0.868.